The molecule has 0 fully saturated rings. The van der Waals surface area contributed by atoms with Gasteiger partial charge in [-0.25, -0.2) is 9.78 Å². The molecule has 1 aliphatic rings. The maximum absolute atomic E-state index is 11.7. The Morgan fingerprint density at radius 1 is 1.10 bits per heavy atom. The third kappa shape index (κ3) is 6.03. The average Bonchev–Trinajstić information content (AvgIpc) is 3.41. The van der Waals surface area contributed by atoms with Crippen LogP contribution >= 0.6 is 0 Å². The summed E-state index contributed by atoms with van der Waals surface area (Å²) in [6, 6.07) is 16.4. The SMILES string of the molecule is CCOc1c(C(=O)O)cnn1-c1cccc(-c2cccc(C)c2OCc2cc(C)c3c(c2)CCN(C(C)COC)C3)n1. The number of aromatic carboxylic acids is 1. The van der Waals surface area contributed by atoms with Crippen molar-refractivity contribution in [3.8, 4) is 28.7 Å². The van der Waals surface area contributed by atoms with Crippen LogP contribution in [-0.2, 0) is 24.3 Å². The van der Waals surface area contributed by atoms with Crippen LogP contribution in [0.15, 0.2) is 54.7 Å². The van der Waals surface area contributed by atoms with Gasteiger partial charge in [-0.3, -0.25) is 4.90 Å². The molecule has 1 aliphatic heterocycles. The molecule has 0 aliphatic carbocycles. The van der Waals surface area contributed by atoms with Crippen molar-refractivity contribution in [2.45, 2.75) is 53.3 Å². The zero-order chi connectivity index (χ0) is 29.8. The number of benzene rings is 2. The number of hydrogen-bond acceptors (Lipinski definition) is 7. The van der Waals surface area contributed by atoms with Crippen molar-refractivity contribution >= 4 is 5.97 Å². The van der Waals surface area contributed by atoms with E-state index in [4.69, 9.17) is 19.2 Å². The van der Waals surface area contributed by atoms with Crippen molar-refractivity contribution in [3.05, 3.63) is 88.1 Å². The summed E-state index contributed by atoms with van der Waals surface area (Å²) in [6.07, 6.45) is 2.28. The smallest absolute Gasteiger partial charge is 0.342 e. The summed E-state index contributed by atoms with van der Waals surface area (Å²) in [6.45, 7) is 11.6. The molecule has 42 heavy (non-hydrogen) atoms. The highest BCUT2D eigenvalue weighted by molar-refractivity contribution is 5.90. The molecular formula is C33H38N4O5. The Morgan fingerprint density at radius 3 is 2.67 bits per heavy atom. The standard InChI is InChI=1S/C33H38N4O5/c1-6-41-32-27(33(38)39)17-34-37(32)30-12-8-11-29(35-30)26-10-7-9-21(2)31(26)42-20-24-15-22(3)28-18-36(23(4)19-40-5)14-13-25(28)16-24/h7-12,15-17,23H,6,13-14,18-20H2,1-5H3,(H,38,39). The Morgan fingerprint density at radius 2 is 1.90 bits per heavy atom. The lowest BCUT2D eigenvalue weighted by atomic mass is 9.92. The number of ether oxygens (including phenoxy) is 3. The lowest BCUT2D eigenvalue weighted by Crippen LogP contribution is -2.40. The molecule has 0 amide bonds. The van der Waals surface area contributed by atoms with E-state index in [0.29, 0.717) is 30.8 Å². The Balaban J connectivity index is 1.40. The second-order valence-electron chi connectivity index (χ2n) is 10.7. The Bertz CT molecular complexity index is 1580. The van der Waals surface area contributed by atoms with Crippen LogP contribution in [0.1, 0.15) is 52.0 Å². The van der Waals surface area contributed by atoms with E-state index in [-0.39, 0.29) is 11.4 Å². The molecule has 2 aromatic heterocycles. The number of fused-ring (bicyclic) bond motifs is 1. The van der Waals surface area contributed by atoms with Crippen LogP contribution < -0.4 is 9.47 Å². The van der Waals surface area contributed by atoms with E-state index < -0.39 is 5.97 Å². The van der Waals surface area contributed by atoms with Crippen LogP contribution in [0.4, 0.5) is 0 Å². The van der Waals surface area contributed by atoms with Crippen LogP contribution in [0.3, 0.4) is 0 Å². The van der Waals surface area contributed by atoms with E-state index in [1.54, 1.807) is 20.1 Å². The Labute approximate surface area is 246 Å². The summed E-state index contributed by atoms with van der Waals surface area (Å²) >= 11 is 0. The number of methoxy groups -OCH3 is 1. The highest BCUT2D eigenvalue weighted by atomic mass is 16.5. The number of carboxylic acids is 1. The minimum atomic E-state index is -1.11. The lowest BCUT2D eigenvalue weighted by Gasteiger charge is -2.34. The van der Waals surface area contributed by atoms with Crippen molar-refractivity contribution in [3.63, 3.8) is 0 Å². The van der Waals surface area contributed by atoms with Gasteiger partial charge in [0.05, 0.1) is 25.1 Å². The molecule has 1 N–H and O–H groups in total. The topological polar surface area (TPSA) is 98.9 Å². The van der Waals surface area contributed by atoms with Gasteiger partial charge in [-0.05, 0) is 80.1 Å². The zero-order valence-electron chi connectivity index (χ0n) is 24.9. The van der Waals surface area contributed by atoms with E-state index in [2.05, 4.69) is 36.0 Å². The highest BCUT2D eigenvalue weighted by Gasteiger charge is 2.23. The molecule has 9 nitrogen and oxygen atoms in total. The van der Waals surface area contributed by atoms with Crippen LogP contribution in [0.5, 0.6) is 11.6 Å². The maximum atomic E-state index is 11.7. The summed E-state index contributed by atoms with van der Waals surface area (Å²) in [4.78, 5) is 19.0. The number of carboxylic acid groups (broad SMARTS) is 1. The highest BCUT2D eigenvalue weighted by Crippen LogP contribution is 2.34. The van der Waals surface area contributed by atoms with Crippen molar-refractivity contribution in [2.24, 2.45) is 0 Å². The predicted molar refractivity (Wildman–Crippen MR) is 161 cm³/mol. The number of nitrogens with zero attached hydrogens (tertiary/aromatic N) is 4. The first-order valence-electron chi connectivity index (χ1n) is 14.3. The first-order chi connectivity index (χ1) is 20.3. The molecule has 1 atom stereocenters. The fourth-order valence-electron chi connectivity index (χ4n) is 5.59. The molecule has 0 spiro atoms. The van der Waals surface area contributed by atoms with Crippen molar-refractivity contribution in [1.82, 2.24) is 19.7 Å². The predicted octanol–water partition coefficient (Wildman–Crippen LogP) is 5.62. The van der Waals surface area contributed by atoms with Crippen LogP contribution in [-0.4, -0.2) is 63.7 Å². The third-order valence-corrected chi connectivity index (χ3v) is 7.74. The third-order valence-electron chi connectivity index (χ3n) is 7.74. The Hall–Kier alpha value is -4.21. The largest absolute Gasteiger partial charge is 0.488 e. The maximum Gasteiger partial charge on any atom is 0.342 e. The summed E-state index contributed by atoms with van der Waals surface area (Å²) < 4.78 is 18.9. The number of aryl methyl sites for hydroxylation is 2. The molecule has 2 aromatic carbocycles. The molecule has 5 rings (SSSR count). The lowest BCUT2D eigenvalue weighted by molar-refractivity contribution is 0.0692. The quantitative estimate of drug-likeness (QED) is 0.248. The van der Waals surface area contributed by atoms with Gasteiger partial charge in [0.2, 0.25) is 5.88 Å². The minimum absolute atomic E-state index is 0.0128. The molecule has 0 radical (unpaired) electrons. The zero-order valence-corrected chi connectivity index (χ0v) is 24.9. The van der Waals surface area contributed by atoms with Crippen LogP contribution in [0.2, 0.25) is 0 Å². The minimum Gasteiger partial charge on any atom is -0.488 e. The fourth-order valence-corrected chi connectivity index (χ4v) is 5.59. The number of carbonyl (C=O) groups is 1. The second kappa shape index (κ2) is 12.8. The molecule has 220 valence electrons. The van der Waals surface area contributed by atoms with Crippen LogP contribution in [0, 0.1) is 13.8 Å². The normalized spacial score (nSPS) is 13.9. The van der Waals surface area contributed by atoms with Crippen molar-refractivity contribution < 1.29 is 24.1 Å². The van der Waals surface area contributed by atoms with Gasteiger partial charge >= 0.3 is 5.97 Å². The van der Waals surface area contributed by atoms with E-state index in [1.165, 1.54) is 27.6 Å². The first kappa shape index (κ1) is 29.3. The van der Waals surface area contributed by atoms with E-state index in [0.717, 1.165) is 48.6 Å². The summed E-state index contributed by atoms with van der Waals surface area (Å²) in [5.74, 6) is 0.254. The van der Waals surface area contributed by atoms with Gasteiger partial charge in [0.1, 0.15) is 17.9 Å². The van der Waals surface area contributed by atoms with E-state index in [1.807, 2.05) is 37.3 Å². The first-order valence-corrected chi connectivity index (χ1v) is 14.3. The monoisotopic (exact) mass is 570 g/mol. The molecule has 0 saturated carbocycles. The van der Waals surface area contributed by atoms with Gasteiger partial charge in [-0.1, -0.05) is 30.3 Å². The number of pyridine rings is 1. The molecule has 0 saturated heterocycles. The molecule has 0 bridgehead atoms. The average molecular weight is 571 g/mol. The molecular weight excluding hydrogens is 532 g/mol. The molecule has 1 unspecified atom stereocenters. The van der Waals surface area contributed by atoms with Gasteiger partial charge in [-0.15, -0.1) is 0 Å². The second-order valence-corrected chi connectivity index (χ2v) is 10.7. The van der Waals surface area contributed by atoms with Crippen LogP contribution in [0.25, 0.3) is 17.1 Å². The van der Waals surface area contributed by atoms with E-state index >= 15 is 0 Å². The number of rotatable bonds is 11. The number of aromatic nitrogens is 3. The van der Waals surface area contributed by atoms with Gasteiger partial charge in [0.25, 0.3) is 0 Å². The Kier molecular flexibility index (Phi) is 8.89. The van der Waals surface area contributed by atoms with Gasteiger partial charge < -0.3 is 19.3 Å². The van der Waals surface area contributed by atoms with Gasteiger partial charge in [-0.2, -0.15) is 9.78 Å². The summed E-state index contributed by atoms with van der Waals surface area (Å²) in [7, 11) is 1.76. The molecule has 3 heterocycles. The van der Waals surface area contributed by atoms with Gasteiger partial charge in [0, 0.05) is 31.8 Å². The fraction of sp³-hybridized carbons (Fsp3) is 0.364. The van der Waals surface area contributed by atoms with Crippen molar-refractivity contribution in [1.29, 1.82) is 0 Å². The van der Waals surface area contributed by atoms with Gasteiger partial charge in [0.15, 0.2) is 5.82 Å². The number of hydrogen-bond donors (Lipinski definition) is 1. The number of para-hydroxylation sites is 1. The molecule has 4 aromatic rings. The summed E-state index contributed by atoms with van der Waals surface area (Å²) in [5, 5.41) is 13.8. The van der Waals surface area contributed by atoms with Crippen molar-refractivity contribution in [2.75, 3.05) is 26.9 Å². The summed E-state index contributed by atoms with van der Waals surface area (Å²) in [5.41, 5.74) is 7.73. The van der Waals surface area contributed by atoms with E-state index in [9.17, 15) is 9.90 Å². The molecule has 9 heteroatoms.